The van der Waals surface area contributed by atoms with Crippen LogP contribution in [0.1, 0.15) is 12.8 Å². The maximum Gasteiger partial charge on any atom is 0.192 e. The van der Waals surface area contributed by atoms with Crippen molar-refractivity contribution in [2.45, 2.75) is 12.8 Å². The molecule has 0 atom stereocenters. The lowest BCUT2D eigenvalue weighted by Gasteiger charge is -2.22. The van der Waals surface area contributed by atoms with E-state index < -0.39 is 0 Å². The van der Waals surface area contributed by atoms with Crippen molar-refractivity contribution in [1.82, 2.24) is 0 Å². The van der Waals surface area contributed by atoms with Gasteiger partial charge >= 0.3 is 0 Å². The van der Waals surface area contributed by atoms with Crippen molar-refractivity contribution < 1.29 is 4.57 Å². The molecular weight excluding hydrogens is 301 g/mol. The van der Waals surface area contributed by atoms with E-state index in [4.69, 9.17) is 0 Å². The van der Waals surface area contributed by atoms with Gasteiger partial charge in [0.2, 0.25) is 0 Å². The lowest BCUT2D eigenvalue weighted by Crippen LogP contribution is -2.17. The summed E-state index contributed by atoms with van der Waals surface area (Å²) in [6.45, 7) is 2.29. The summed E-state index contributed by atoms with van der Waals surface area (Å²) in [5.41, 5.74) is 1.34. The number of hydrogen-bond acceptors (Lipinski definition) is 2. The number of anilines is 1. The third-order valence-electron chi connectivity index (χ3n) is 5.16. The van der Waals surface area contributed by atoms with Crippen LogP contribution in [0.4, 0.5) is 5.69 Å². The van der Waals surface area contributed by atoms with Crippen molar-refractivity contribution in [3.8, 4) is 0 Å². The Morgan fingerprint density at radius 1 is 0.739 bits per heavy atom. The second-order valence-electron chi connectivity index (χ2n) is 6.38. The fourth-order valence-electron chi connectivity index (χ4n) is 4.08. The molecule has 1 heterocycles. The topological polar surface area (TPSA) is 20.3 Å². The van der Waals surface area contributed by atoms with Gasteiger partial charge in [-0.05, 0) is 51.9 Å². The first-order chi connectivity index (χ1) is 11.4. The standard InChI is InChI=1S/C20H16NOP/c22-23-18-10-6-14-3-7-15-17(21-11-1-2-12-21)9-5-13-4-8-16(18)20(14)19(13)15/h3-10H,1-2,11-12H2. The van der Waals surface area contributed by atoms with Crippen LogP contribution in [0.15, 0.2) is 48.5 Å². The van der Waals surface area contributed by atoms with Crippen LogP contribution in [0.5, 0.6) is 0 Å². The molecule has 0 N–H and O–H groups in total. The van der Waals surface area contributed by atoms with E-state index in [2.05, 4.69) is 47.4 Å². The van der Waals surface area contributed by atoms with Gasteiger partial charge in [0.1, 0.15) is 0 Å². The molecule has 3 heteroatoms. The first-order valence-corrected chi connectivity index (χ1v) is 8.97. The number of benzene rings is 4. The fraction of sp³-hybridized carbons (Fsp3) is 0.200. The Hall–Kier alpha value is -2.18. The normalized spacial score (nSPS) is 15.6. The summed E-state index contributed by atoms with van der Waals surface area (Å²) in [6.07, 6.45) is 2.56. The maximum atomic E-state index is 11.5. The van der Waals surface area contributed by atoms with Crippen molar-refractivity contribution >= 4 is 51.8 Å². The van der Waals surface area contributed by atoms with Crippen molar-refractivity contribution in [3.63, 3.8) is 0 Å². The summed E-state index contributed by atoms with van der Waals surface area (Å²) in [6, 6.07) is 17.3. The molecule has 1 fully saturated rings. The molecule has 4 aromatic rings. The second-order valence-corrected chi connectivity index (χ2v) is 7.04. The van der Waals surface area contributed by atoms with E-state index in [1.807, 2.05) is 6.07 Å². The molecule has 1 aliphatic rings. The van der Waals surface area contributed by atoms with E-state index in [1.54, 1.807) is 0 Å². The number of rotatable bonds is 2. The zero-order valence-corrected chi connectivity index (χ0v) is 13.6. The van der Waals surface area contributed by atoms with Gasteiger partial charge in [-0.1, -0.05) is 36.4 Å². The molecule has 2 nitrogen and oxygen atoms in total. The van der Waals surface area contributed by atoms with Crippen LogP contribution in [0, 0.1) is 0 Å². The molecule has 0 unspecified atom stereocenters. The molecular formula is C20H16NOP. The Morgan fingerprint density at radius 2 is 1.35 bits per heavy atom. The highest BCUT2D eigenvalue weighted by molar-refractivity contribution is 7.35. The highest BCUT2D eigenvalue weighted by Gasteiger charge is 2.18. The summed E-state index contributed by atoms with van der Waals surface area (Å²) in [4.78, 5) is 2.50. The molecule has 0 saturated carbocycles. The molecule has 112 valence electrons. The predicted octanol–water partition coefficient (Wildman–Crippen LogP) is 5.10. The van der Waals surface area contributed by atoms with Gasteiger partial charge in [-0.2, -0.15) is 0 Å². The molecule has 1 aliphatic heterocycles. The second kappa shape index (κ2) is 4.91. The Bertz CT molecular complexity index is 1050. The van der Waals surface area contributed by atoms with Gasteiger partial charge in [0.25, 0.3) is 0 Å². The SMILES string of the molecule is O=Pc1ccc2ccc3c(N4CCCC4)ccc4ccc1c2c43. The number of hydrogen-bond donors (Lipinski definition) is 0. The van der Waals surface area contributed by atoms with E-state index in [-0.39, 0.29) is 8.46 Å². The number of nitrogens with zero attached hydrogens (tertiary/aromatic N) is 1. The Labute approximate surface area is 136 Å². The van der Waals surface area contributed by atoms with Gasteiger partial charge in [0, 0.05) is 24.2 Å². The molecule has 0 aromatic heterocycles. The summed E-state index contributed by atoms with van der Waals surface area (Å²) in [5.74, 6) is 0. The first-order valence-electron chi connectivity index (χ1n) is 8.15. The summed E-state index contributed by atoms with van der Waals surface area (Å²) >= 11 is 0. The minimum Gasteiger partial charge on any atom is -0.371 e. The molecule has 23 heavy (non-hydrogen) atoms. The lowest BCUT2D eigenvalue weighted by molar-refractivity contribution is 0.603. The third-order valence-corrected chi connectivity index (χ3v) is 5.75. The van der Waals surface area contributed by atoms with E-state index in [1.165, 1.54) is 45.5 Å². The minimum absolute atomic E-state index is 0.0905. The average molecular weight is 317 g/mol. The quantitative estimate of drug-likeness (QED) is 0.378. The smallest absolute Gasteiger partial charge is 0.192 e. The Balaban J connectivity index is 1.96. The van der Waals surface area contributed by atoms with Gasteiger partial charge in [-0.3, -0.25) is 4.57 Å². The van der Waals surface area contributed by atoms with Crippen LogP contribution in [0.3, 0.4) is 0 Å². The zero-order valence-electron chi connectivity index (χ0n) is 12.7. The van der Waals surface area contributed by atoms with Crippen molar-refractivity contribution in [2.24, 2.45) is 0 Å². The fourth-order valence-corrected chi connectivity index (χ4v) is 4.50. The van der Waals surface area contributed by atoms with Gasteiger partial charge < -0.3 is 4.90 Å². The van der Waals surface area contributed by atoms with Gasteiger partial charge in [0.15, 0.2) is 8.46 Å². The van der Waals surface area contributed by atoms with Crippen molar-refractivity contribution in [3.05, 3.63) is 48.5 Å². The lowest BCUT2D eigenvalue weighted by atomic mass is 9.93. The molecule has 0 spiro atoms. The van der Waals surface area contributed by atoms with Crippen molar-refractivity contribution in [2.75, 3.05) is 18.0 Å². The van der Waals surface area contributed by atoms with Gasteiger partial charge in [-0.25, -0.2) is 0 Å². The van der Waals surface area contributed by atoms with Crippen LogP contribution in [-0.2, 0) is 4.57 Å². The van der Waals surface area contributed by atoms with E-state index in [0.29, 0.717) is 0 Å². The van der Waals surface area contributed by atoms with E-state index in [9.17, 15) is 4.57 Å². The monoisotopic (exact) mass is 317 g/mol. The predicted molar refractivity (Wildman–Crippen MR) is 98.8 cm³/mol. The highest BCUT2D eigenvalue weighted by atomic mass is 31.1. The van der Waals surface area contributed by atoms with Crippen LogP contribution in [-0.4, -0.2) is 13.1 Å². The molecule has 0 amide bonds. The van der Waals surface area contributed by atoms with Crippen molar-refractivity contribution in [1.29, 1.82) is 0 Å². The third kappa shape index (κ3) is 1.82. The molecule has 1 saturated heterocycles. The summed E-state index contributed by atoms with van der Waals surface area (Å²) in [7, 11) is 0.0905. The Morgan fingerprint density at radius 3 is 2.09 bits per heavy atom. The van der Waals surface area contributed by atoms with E-state index in [0.717, 1.165) is 23.8 Å². The van der Waals surface area contributed by atoms with Gasteiger partial charge in [-0.15, -0.1) is 0 Å². The summed E-state index contributed by atoms with van der Waals surface area (Å²) < 4.78 is 11.5. The molecule has 0 radical (unpaired) electrons. The first kappa shape index (κ1) is 13.3. The van der Waals surface area contributed by atoms with Crippen LogP contribution >= 0.6 is 8.46 Å². The van der Waals surface area contributed by atoms with Gasteiger partial charge in [0.05, 0.1) is 5.30 Å². The zero-order chi connectivity index (χ0) is 15.4. The molecule has 0 bridgehead atoms. The molecule has 5 rings (SSSR count). The van der Waals surface area contributed by atoms with Crippen LogP contribution in [0.2, 0.25) is 0 Å². The average Bonchev–Trinajstić information content (AvgIpc) is 3.13. The largest absolute Gasteiger partial charge is 0.371 e. The van der Waals surface area contributed by atoms with E-state index >= 15 is 0 Å². The maximum absolute atomic E-state index is 11.5. The summed E-state index contributed by atoms with van der Waals surface area (Å²) in [5, 5.41) is 8.36. The molecule has 0 aliphatic carbocycles. The van der Waals surface area contributed by atoms with Crippen LogP contribution < -0.4 is 10.2 Å². The minimum atomic E-state index is 0.0905. The highest BCUT2D eigenvalue weighted by Crippen LogP contribution is 2.39. The molecule has 4 aromatic carbocycles. The van der Waals surface area contributed by atoms with Crippen LogP contribution in [0.25, 0.3) is 32.3 Å². The Kier molecular flexibility index (Phi) is 2.83.